The van der Waals surface area contributed by atoms with Gasteiger partial charge in [0.15, 0.2) is 5.82 Å². The molecule has 11 heteroatoms. The Kier molecular flexibility index (Phi) is 5.18. The summed E-state index contributed by atoms with van der Waals surface area (Å²) in [5.74, 6) is 1.79. The lowest BCUT2D eigenvalue weighted by molar-refractivity contribution is 0.0955. The van der Waals surface area contributed by atoms with Crippen molar-refractivity contribution in [1.29, 1.82) is 0 Å². The number of nitrogens with one attached hydrogen (secondary N) is 2. The van der Waals surface area contributed by atoms with Gasteiger partial charge in [0.25, 0.3) is 5.91 Å². The number of aryl methyl sites for hydroxylation is 1. The van der Waals surface area contributed by atoms with E-state index in [1.54, 1.807) is 35.1 Å². The van der Waals surface area contributed by atoms with Crippen LogP contribution < -0.4 is 10.6 Å². The summed E-state index contributed by atoms with van der Waals surface area (Å²) in [6, 6.07) is 10.7. The zero-order valence-corrected chi connectivity index (χ0v) is 15.6. The fraction of sp³-hybridized carbons (Fsp3) is 0.167. The number of benzene rings is 1. The maximum atomic E-state index is 12.4. The van der Waals surface area contributed by atoms with Crippen LogP contribution in [0.1, 0.15) is 16.2 Å². The Bertz CT molecular complexity index is 1090. The second kappa shape index (κ2) is 8.25. The van der Waals surface area contributed by atoms with Crippen molar-refractivity contribution in [1.82, 2.24) is 45.3 Å². The molecule has 4 rings (SSSR count). The molecule has 4 aromatic rings. The smallest absolute Gasteiger partial charge is 0.251 e. The minimum Gasteiger partial charge on any atom is -0.368 e. The Hall–Kier alpha value is -4.15. The van der Waals surface area contributed by atoms with Crippen molar-refractivity contribution in [2.75, 3.05) is 18.4 Å². The van der Waals surface area contributed by atoms with Crippen LogP contribution >= 0.6 is 0 Å². The second-order valence-electron chi connectivity index (χ2n) is 6.10. The molecule has 1 amide bonds. The lowest BCUT2D eigenvalue weighted by atomic mass is 10.2. The SMILES string of the molecule is Cc1nc(NCCNC(=O)c2cccc(-n3cnnn3)c2)cc(-n2cccn2)n1. The molecule has 146 valence electrons. The molecular formula is C18H18N10O. The van der Waals surface area contributed by atoms with Gasteiger partial charge in [0.05, 0.1) is 5.69 Å². The summed E-state index contributed by atoms with van der Waals surface area (Å²) >= 11 is 0. The normalized spacial score (nSPS) is 10.7. The van der Waals surface area contributed by atoms with E-state index < -0.39 is 0 Å². The zero-order valence-electron chi connectivity index (χ0n) is 15.6. The zero-order chi connectivity index (χ0) is 20.1. The molecule has 0 atom stereocenters. The van der Waals surface area contributed by atoms with Gasteiger partial charge in [-0.3, -0.25) is 4.79 Å². The van der Waals surface area contributed by atoms with Crippen LogP contribution in [0.25, 0.3) is 11.5 Å². The Morgan fingerprint density at radius 2 is 2.03 bits per heavy atom. The number of hydrogen-bond donors (Lipinski definition) is 2. The first kappa shape index (κ1) is 18.2. The van der Waals surface area contributed by atoms with Gasteiger partial charge in [0, 0.05) is 37.1 Å². The molecule has 0 spiro atoms. The lowest BCUT2D eigenvalue weighted by Gasteiger charge is -2.10. The Balaban J connectivity index is 1.33. The molecule has 0 bridgehead atoms. The van der Waals surface area contributed by atoms with Gasteiger partial charge in [-0.05, 0) is 41.6 Å². The van der Waals surface area contributed by atoms with Crippen molar-refractivity contribution in [2.45, 2.75) is 6.92 Å². The quantitative estimate of drug-likeness (QED) is 0.443. The molecule has 0 radical (unpaired) electrons. The number of nitrogens with zero attached hydrogens (tertiary/aromatic N) is 8. The molecule has 0 unspecified atom stereocenters. The van der Waals surface area contributed by atoms with E-state index in [-0.39, 0.29) is 5.91 Å². The summed E-state index contributed by atoms with van der Waals surface area (Å²) in [5, 5.41) is 21.3. The largest absolute Gasteiger partial charge is 0.368 e. The maximum Gasteiger partial charge on any atom is 0.251 e. The highest BCUT2D eigenvalue weighted by molar-refractivity contribution is 5.94. The van der Waals surface area contributed by atoms with Crippen LogP contribution in [-0.4, -0.2) is 59.0 Å². The highest BCUT2D eigenvalue weighted by atomic mass is 16.1. The molecule has 3 heterocycles. The predicted octanol–water partition coefficient (Wildman–Crippen LogP) is 0.788. The van der Waals surface area contributed by atoms with Crippen molar-refractivity contribution in [3.8, 4) is 11.5 Å². The van der Waals surface area contributed by atoms with E-state index >= 15 is 0 Å². The van der Waals surface area contributed by atoms with Gasteiger partial charge >= 0.3 is 0 Å². The first-order chi connectivity index (χ1) is 14.2. The van der Waals surface area contributed by atoms with Crippen LogP contribution in [0.5, 0.6) is 0 Å². The average Bonchev–Trinajstić information content (AvgIpc) is 3.45. The fourth-order valence-electron chi connectivity index (χ4n) is 2.70. The van der Waals surface area contributed by atoms with Crippen LogP contribution in [-0.2, 0) is 0 Å². The maximum absolute atomic E-state index is 12.4. The summed E-state index contributed by atoms with van der Waals surface area (Å²) in [7, 11) is 0. The van der Waals surface area contributed by atoms with Crippen molar-refractivity contribution in [3.05, 3.63) is 66.5 Å². The molecule has 29 heavy (non-hydrogen) atoms. The predicted molar refractivity (Wildman–Crippen MR) is 104 cm³/mol. The van der Waals surface area contributed by atoms with Gasteiger partial charge in [0.1, 0.15) is 18.0 Å². The molecule has 0 aliphatic rings. The number of carbonyl (C=O) groups is 1. The van der Waals surface area contributed by atoms with E-state index in [0.717, 1.165) is 0 Å². The number of tetrazole rings is 1. The standard InChI is InChI=1S/C18H18N10O/c1-13-23-16(11-17(24-13)27-9-3-6-22-27)19-7-8-20-18(29)14-4-2-5-15(10-14)28-12-21-25-26-28/h2-6,9-12H,7-8H2,1H3,(H,20,29)(H,19,23,24). The summed E-state index contributed by atoms with van der Waals surface area (Å²) in [6.07, 6.45) is 4.98. The molecule has 1 aromatic carbocycles. The topological polar surface area (TPSA) is 128 Å². The lowest BCUT2D eigenvalue weighted by Crippen LogP contribution is -2.29. The van der Waals surface area contributed by atoms with E-state index in [0.29, 0.717) is 41.8 Å². The minimum atomic E-state index is -0.183. The third-order valence-electron chi connectivity index (χ3n) is 4.00. The van der Waals surface area contributed by atoms with Gasteiger partial charge in [-0.15, -0.1) is 5.10 Å². The Morgan fingerprint density at radius 3 is 2.83 bits per heavy atom. The van der Waals surface area contributed by atoms with E-state index in [4.69, 9.17) is 0 Å². The van der Waals surface area contributed by atoms with Gasteiger partial charge in [-0.25, -0.2) is 19.3 Å². The number of anilines is 1. The number of carbonyl (C=O) groups excluding carboxylic acids is 1. The third kappa shape index (κ3) is 4.40. The molecule has 0 saturated heterocycles. The highest BCUT2D eigenvalue weighted by Gasteiger charge is 2.08. The van der Waals surface area contributed by atoms with E-state index in [1.165, 1.54) is 11.0 Å². The molecule has 0 fully saturated rings. The van der Waals surface area contributed by atoms with E-state index in [2.05, 4.69) is 41.2 Å². The summed E-state index contributed by atoms with van der Waals surface area (Å²) in [4.78, 5) is 21.1. The molecule has 0 aliphatic carbocycles. The van der Waals surface area contributed by atoms with Gasteiger partial charge in [-0.1, -0.05) is 6.07 Å². The van der Waals surface area contributed by atoms with Crippen LogP contribution in [0.3, 0.4) is 0 Å². The van der Waals surface area contributed by atoms with Gasteiger partial charge in [-0.2, -0.15) is 5.10 Å². The average molecular weight is 390 g/mol. The molecule has 3 aromatic heterocycles. The molecule has 0 saturated carbocycles. The number of aromatic nitrogens is 8. The van der Waals surface area contributed by atoms with Crippen molar-refractivity contribution in [2.24, 2.45) is 0 Å². The molecular weight excluding hydrogens is 372 g/mol. The second-order valence-corrected chi connectivity index (χ2v) is 6.10. The fourth-order valence-corrected chi connectivity index (χ4v) is 2.70. The van der Waals surface area contributed by atoms with Crippen LogP contribution in [0.4, 0.5) is 5.82 Å². The molecule has 0 aliphatic heterocycles. The summed E-state index contributed by atoms with van der Waals surface area (Å²) in [5.41, 5.74) is 1.24. The van der Waals surface area contributed by atoms with E-state index in [1.807, 2.05) is 25.3 Å². The first-order valence-corrected chi connectivity index (χ1v) is 8.90. The number of hydrogen-bond acceptors (Lipinski definition) is 8. The van der Waals surface area contributed by atoms with Crippen LogP contribution in [0.2, 0.25) is 0 Å². The summed E-state index contributed by atoms with van der Waals surface area (Å²) < 4.78 is 3.16. The first-order valence-electron chi connectivity index (χ1n) is 8.90. The van der Waals surface area contributed by atoms with Crippen molar-refractivity contribution < 1.29 is 4.79 Å². The van der Waals surface area contributed by atoms with Gasteiger partial charge in [0.2, 0.25) is 0 Å². The van der Waals surface area contributed by atoms with Crippen LogP contribution in [0.15, 0.2) is 55.1 Å². The molecule has 11 nitrogen and oxygen atoms in total. The minimum absolute atomic E-state index is 0.183. The summed E-state index contributed by atoms with van der Waals surface area (Å²) in [6.45, 7) is 2.75. The third-order valence-corrected chi connectivity index (χ3v) is 4.00. The van der Waals surface area contributed by atoms with E-state index in [9.17, 15) is 4.79 Å². The monoisotopic (exact) mass is 390 g/mol. The Morgan fingerprint density at radius 1 is 1.10 bits per heavy atom. The Labute approximate surface area is 165 Å². The highest BCUT2D eigenvalue weighted by Crippen LogP contribution is 2.10. The molecule has 2 N–H and O–H groups in total. The number of amides is 1. The van der Waals surface area contributed by atoms with Crippen molar-refractivity contribution >= 4 is 11.7 Å². The number of rotatable bonds is 7. The van der Waals surface area contributed by atoms with Crippen molar-refractivity contribution in [3.63, 3.8) is 0 Å². The van der Waals surface area contributed by atoms with Gasteiger partial charge < -0.3 is 10.6 Å². The van der Waals surface area contributed by atoms with Crippen LogP contribution in [0, 0.1) is 6.92 Å².